The van der Waals surface area contributed by atoms with Crippen molar-refractivity contribution in [3.63, 3.8) is 0 Å². The highest BCUT2D eigenvalue weighted by atomic mass is 35.5. The Labute approximate surface area is 155 Å². The maximum absolute atomic E-state index is 12.6. The van der Waals surface area contributed by atoms with E-state index >= 15 is 0 Å². The van der Waals surface area contributed by atoms with Crippen molar-refractivity contribution in [2.75, 3.05) is 20.2 Å². The van der Waals surface area contributed by atoms with Crippen molar-refractivity contribution in [1.82, 2.24) is 4.90 Å². The third kappa shape index (κ3) is 3.64. The third-order valence-electron chi connectivity index (χ3n) is 5.39. The molecule has 1 saturated heterocycles. The van der Waals surface area contributed by atoms with E-state index in [4.69, 9.17) is 22.1 Å². The van der Waals surface area contributed by atoms with Crippen LogP contribution in [0.2, 0.25) is 5.02 Å². The van der Waals surface area contributed by atoms with Gasteiger partial charge < -0.3 is 20.5 Å². The van der Waals surface area contributed by atoms with Gasteiger partial charge >= 0.3 is 0 Å². The summed E-state index contributed by atoms with van der Waals surface area (Å²) in [6.07, 6.45) is 0.432. The molecule has 0 bridgehead atoms. The summed E-state index contributed by atoms with van der Waals surface area (Å²) >= 11 is 6.11. The average Bonchev–Trinajstić information content (AvgIpc) is 2.56. The van der Waals surface area contributed by atoms with Gasteiger partial charge in [-0.25, -0.2) is 0 Å². The normalized spacial score (nSPS) is 24.3. The number of ether oxygens (including phenoxy) is 1. The molecule has 1 fully saturated rings. The molecule has 6 heteroatoms. The lowest BCUT2D eigenvalue weighted by atomic mass is 9.66. The summed E-state index contributed by atoms with van der Waals surface area (Å²) in [6.45, 7) is 8.71. The molecule has 0 aliphatic carbocycles. The lowest BCUT2D eigenvalue weighted by molar-refractivity contribution is -0.155. The number of nitrogens with two attached hydrogens (primary N) is 1. The first-order valence-electron chi connectivity index (χ1n) is 8.64. The van der Waals surface area contributed by atoms with Crippen LogP contribution in [0.5, 0.6) is 5.75 Å². The van der Waals surface area contributed by atoms with Crippen molar-refractivity contribution in [2.45, 2.75) is 45.8 Å². The van der Waals surface area contributed by atoms with E-state index in [1.54, 1.807) is 24.1 Å². The van der Waals surface area contributed by atoms with Crippen molar-refractivity contribution in [3.05, 3.63) is 28.8 Å². The molecule has 140 valence electrons. The van der Waals surface area contributed by atoms with E-state index in [2.05, 4.69) is 0 Å². The Kier molecular flexibility index (Phi) is 5.71. The SMILES string of the molecule is COc1cc(C2(O)CCN(C(=O)[C@H](N)C(C)C)CC2(C)C)ccc1Cl. The zero-order valence-electron chi connectivity index (χ0n) is 15.7. The number of carbonyl (C=O) groups excluding carboxylic acids is 1. The van der Waals surface area contributed by atoms with E-state index in [1.807, 2.05) is 33.8 Å². The number of nitrogens with zero attached hydrogens (tertiary/aromatic N) is 1. The van der Waals surface area contributed by atoms with Crippen LogP contribution in [0.1, 0.15) is 39.7 Å². The Bertz CT molecular complexity index is 648. The molecule has 0 aromatic heterocycles. The van der Waals surface area contributed by atoms with Gasteiger partial charge in [0.15, 0.2) is 0 Å². The molecular weight excluding hydrogens is 340 g/mol. The van der Waals surface area contributed by atoms with E-state index in [-0.39, 0.29) is 11.8 Å². The molecule has 25 heavy (non-hydrogen) atoms. The highest BCUT2D eigenvalue weighted by Gasteiger charge is 2.50. The number of likely N-dealkylation sites (tertiary alicyclic amines) is 1. The minimum absolute atomic E-state index is 0.0567. The predicted molar refractivity (Wildman–Crippen MR) is 99.7 cm³/mol. The lowest BCUT2D eigenvalue weighted by Crippen LogP contribution is -2.59. The molecule has 2 atom stereocenters. The third-order valence-corrected chi connectivity index (χ3v) is 5.71. The van der Waals surface area contributed by atoms with Gasteiger partial charge in [-0.1, -0.05) is 45.4 Å². The number of methoxy groups -OCH3 is 1. The quantitative estimate of drug-likeness (QED) is 0.856. The van der Waals surface area contributed by atoms with Gasteiger partial charge in [-0.15, -0.1) is 0 Å². The molecule has 2 rings (SSSR count). The van der Waals surface area contributed by atoms with Crippen LogP contribution in [0.3, 0.4) is 0 Å². The van der Waals surface area contributed by atoms with Gasteiger partial charge in [-0.3, -0.25) is 4.79 Å². The molecule has 1 amide bonds. The Morgan fingerprint density at radius 2 is 2.04 bits per heavy atom. The van der Waals surface area contributed by atoms with Gasteiger partial charge in [0.1, 0.15) is 5.75 Å². The summed E-state index contributed by atoms with van der Waals surface area (Å²) in [5.74, 6) is 0.555. The molecule has 0 saturated carbocycles. The molecule has 1 aliphatic heterocycles. The van der Waals surface area contributed by atoms with Crippen LogP contribution in [-0.4, -0.2) is 42.2 Å². The van der Waals surface area contributed by atoms with E-state index in [0.717, 1.165) is 5.56 Å². The molecule has 1 aromatic carbocycles. The summed E-state index contributed by atoms with van der Waals surface area (Å²) in [5, 5.41) is 12.0. The lowest BCUT2D eigenvalue weighted by Gasteiger charge is -2.51. The van der Waals surface area contributed by atoms with Crippen LogP contribution >= 0.6 is 11.6 Å². The molecule has 1 aliphatic rings. The van der Waals surface area contributed by atoms with E-state index in [0.29, 0.717) is 30.3 Å². The Morgan fingerprint density at radius 1 is 1.40 bits per heavy atom. The zero-order valence-corrected chi connectivity index (χ0v) is 16.4. The van der Waals surface area contributed by atoms with E-state index in [9.17, 15) is 9.90 Å². The summed E-state index contributed by atoms with van der Waals surface area (Å²) in [6, 6.07) is 4.82. The predicted octanol–water partition coefficient (Wildman–Crippen LogP) is 2.78. The van der Waals surface area contributed by atoms with Crippen LogP contribution in [0.25, 0.3) is 0 Å². The summed E-state index contributed by atoms with van der Waals surface area (Å²) in [7, 11) is 1.55. The van der Waals surface area contributed by atoms with Crippen LogP contribution in [0, 0.1) is 11.3 Å². The highest BCUT2D eigenvalue weighted by Crippen LogP contribution is 2.47. The minimum Gasteiger partial charge on any atom is -0.495 e. The monoisotopic (exact) mass is 368 g/mol. The molecule has 0 spiro atoms. The van der Waals surface area contributed by atoms with Crippen molar-refractivity contribution >= 4 is 17.5 Å². The maximum Gasteiger partial charge on any atom is 0.239 e. The largest absolute Gasteiger partial charge is 0.495 e. The number of carbonyl (C=O) groups is 1. The van der Waals surface area contributed by atoms with Crippen molar-refractivity contribution < 1.29 is 14.6 Å². The molecular formula is C19H29ClN2O3. The Hall–Kier alpha value is -1.30. The molecule has 1 heterocycles. The first-order chi connectivity index (χ1) is 11.5. The topological polar surface area (TPSA) is 75.8 Å². The molecule has 3 N–H and O–H groups in total. The molecule has 5 nitrogen and oxygen atoms in total. The Balaban J connectivity index is 2.29. The van der Waals surface area contributed by atoms with Gasteiger partial charge in [-0.2, -0.15) is 0 Å². The maximum atomic E-state index is 12.6. The number of halogens is 1. The number of aliphatic hydroxyl groups is 1. The fraction of sp³-hybridized carbons (Fsp3) is 0.632. The highest BCUT2D eigenvalue weighted by molar-refractivity contribution is 6.32. The van der Waals surface area contributed by atoms with Gasteiger partial charge in [-0.05, 0) is 30.0 Å². The first kappa shape index (κ1) is 20.0. The second-order valence-corrected chi connectivity index (χ2v) is 8.28. The second-order valence-electron chi connectivity index (χ2n) is 7.87. The number of benzene rings is 1. The number of amides is 1. The van der Waals surface area contributed by atoms with Crippen molar-refractivity contribution in [3.8, 4) is 5.75 Å². The Morgan fingerprint density at radius 3 is 2.56 bits per heavy atom. The number of hydrogen-bond donors (Lipinski definition) is 2. The fourth-order valence-electron chi connectivity index (χ4n) is 3.46. The van der Waals surface area contributed by atoms with E-state index in [1.165, 1.54) is 0 Å². The van der Waals surface area contributed by atoms with Gasteiger partial charge in [0.05, 0.1) is 23.8 Å². The average molecular weight is 369 g/mol. The second kappa shape index (κ2) is 7.14. The smallest absolute Gasteiger partial charge is 0.239 e. The summed E-state index contributed by atoms with van der Waals surface area (Å²) in [5.41, 5.74) is 5.15. The summed E-state index contributed by atoms with van der Waals surface area (Å²) in [4.78, 5) is 14.4. The van der Waals surface area contributed by atoms with Crippen LogP contribution in [0.15, 0.2) is 18.2 Å². The first-order valence-corrected chi connectivity index (χ1v) is 9.02. The summed E-state index contributed by atoms with van der Waals surface area (Å²) < 4.78 is 5.28. The number of hydrogen-bond acceptors (Lipinski definition) is 4. The molecule has 1 aromatic rings. The number of rotatable bonds is 4. The van der Waals surface area contributed by atoms with Crippen LogP contribution < -0.4 is 10.5 Å². The minimum atomic E-state index is -1.08. The van der Waals surface area contributed by atoms with Crippen LogP contribution in [-0.2, 0) is 10.4 Å². The van der Waals surface area contributed by atoms with Gasteiger partial charge in [0.2, 0.25) is 5.91 Å². The standard InChI is InChI=1S/C19H29ClN2O3/c1-12(2)16(21)17(23)22-9-8-19(24,18(3,4)11-22)13-6-7-14(20)15(10-13)25-5/h6-7,10,12,16,24H,8-9,11,21H2,1-5H3/t16-,19?/m1/s1. The van der Waals surface area contributed by atoms with Gasteiger partial charge in [0.25, 0.3) is 0 Å². The van der Waals surface area contributed by atoms with Gasteiger partial charge in [0, 0.05) is 18.5 Å². The molecule has 0 radical (unpaired) electrons. The van der Waals surface area contributed by atoms with Crippen LogP contribution in [0.4, 0.5) is 0 Å². The van der Waals surface area contributed by atoms with Crippen molar-refractivity contribution in [2.24, 2.45) is 17.1 Å². The fourth-order valence-corrected chi connectivity index (χ4v) is 3.65. The zero-order chi connectivity index (χ0) is 19.0. The van der Waals surface area contributed by atoms with Crippen molar-refractivity contribution in [1.29, 1.82) is 0 Å². The number of piperidine rings is 1. The van der Waals surface area contributed by atoms with E-state index < -0.39 is 17.1 Å². The molecule has 1 unspecified atom stereocenters.